The lowest BCUT2D eigenvalue weighted by atomic mass is 10.1. The van der Waals surface area contributed by atoms with Gasteiger partial charge in [0.2, 0.25) is 0 Å². The Morgan fingerprint density at radius 3 is 2.89 bits per heavy atom. The van der Waals surface area contributed by atoms with E-state index >= 15 is 0 Å². The molecule has 0 aliphatic heterocycles. The van der Waals surface area contributed by atoms with Gasteiger partial charge in [0.05, 0.1) is 22.3 Å². The third-order valence-electron chi connectivity index (χ3n) is 2.54. The van der Waals surface area contributed by atoms with E-state index in [4.69, 9.17) is 4.74 Å². The first-order valence-electron chi connectivity index (χ1n) is 5.71. The lowest BCUT2D eigenvalue weighted by molar-refractivity contribution is -0.141. The number of nitrogens with zero attached hydrogens (tertiary/aromatic N) is 2. The largest absolute Gasteiger partial charge is 0.466 e. The van der Waals surface area contributed by atoms with Crippen molar-refractivity contribution in [2.45, 2.75) is 19.8 Å². The summed E-state index contributed by atoms with van der Waals surface area (Å²) in [5.74, 6) is -0.251. The van der Waals surface area contributed by atoms with Crippen LogP contribution >= 0.6 is 15.9 Å². The number of hydrogen-bond acceptors (Lipinski definition) is 4. The van der Waals surface area contributed by atoms with Gasteiger partial charge in [-0.25, -0.2) is 0 Å². The monoisotopic (exact) mass is 308 g/mol. The van der Waals surface area contributed by atoms with Crippen LogP contribution in [0.25, 0.3) is 10.9 Å². The lowest BCUT2D eigenvalue weighted by Gasteiger charge is -2.06. The molecule has 0 bridgehead atoms. The van der Waals surface area contributed by atoms with Gasteiger partial charge in [-0.2, -0.15) is 10.2 Å². The number of rotatable bonds is 4. The Morgan fingerprint density at radius 2 is 2.11 bits per heavy atom. The quantitative estimate of drug-likeness (QED) is 0.644. The van der Waals surface area contributed by atoms with Crippen LogP contribution in [0.15, 0.2) is 28.7 Å². The zero-order valence-corrected chi connectivity index (χ0v) is 11.6. The third kappa shape index (κ3) is 3.04. The molecule has 0 fully saturated rings. The topological polar surface area (TPSA) is 52.1 Å². The smallest absolute Gasteiger partial charge is 0.302 e. The van der Waals surface area contributed by atoms with Crippen molar-refractivity contribution in [2.24, 2.45) is 0 Å². The van der Waals surface area contributed by atoms with Crippen molar-refractivity contribution in [3.63, 3.8) is 0 Å². The molecule has 0 radical (unpaired) electrons. The van der Waals surface area contributed by atoms with E-state index in [0.29, 0.717) is 6.61 Å². The molecule has 4 nitrogen and oxygen atoms in total. The third-order valence-corrected chi connectivity index (χ3v) is 3.42. The second kappa shape index (κ2) is 5.91. The SMILES string of the molecule is CC(=O)OCCCc1nnc2ccccc2c1Br. The molecule has 1 aromatic heterocycles. The van der Waals surface area contributed by atoms with Gasteiger partial charge in [-0.05, 0) is 34.8 Å². The molecule has 0 atom stereocenters. The number of fused-ring (bicyclic) bond motifs is 1. The summed E-state index contributed by atoms with van der Waals surface area (Å²) in [4.78, 5) is 10.6. The molecular weight excluding hydrogens is 296 g/mol. The number of aryl methyl sites for hydroxylation is 1. The molecule has 18 heavy (non-hydrogen) atoms. The molecule has 0 aliphatic carbocycles. The van der Waals surface area contributed by atoms with Gasteiger partial charge in [-0.1, -0.05) is 18.2 Å². The van der Waals surface area contributed by atoms with Gasteiger partial charge < -0.3 is 4.74 Å². The average molecular weight is 309 g/mol. The van der Waals surface area contributed by atoms with Crippen LogP contribution in [0.2, 0.25) is 0 Å². The maximum absolute atomic E-state index is 10.6. The first-order chi connectivity index (χ1) is 8.68. The van der Waals surface area contributed by atoms with Crippen molar-refractivity contribution >= 4 is 32.8 Å². The Labute approximate surface area is 113 Å². The maximum atomic E-state index is 10.6. The van der Waals surface area contributed by atoms with Gasteiger partial charge in [0.15, 0.2) is 0 Å². The lowest BCUT2D eigenvalue weighted by Crippen LogP contribution is -2.03. The summed E-state index contributed by atoms with van der Waals surface area (Å²) in [6.45, 7) is 1.82. The number of ether oxygens (including phenoxy) is 1. The highest BCUT2D eigenvalue weighted by Crippen LogP contribution is 2.25. The molecule has 0 spiro atoms. The van der Waals surface area contributed by atoms with E-state index < -0.39 is 0 Å². The van der Waals surface area contributed by atoms with E-state index in [-0.39, 0.29) is 5.97 Å². The number of esters is 1. The average Bonchev–Trinajstić information content (AvgIpc) is 2.37. The normalized spacial score (nSPS) is 10.6. The Morgan fingerprint density at radius 1 is 1.33 bits per heavy atom. The van der Waals surface area contributed by atoms with Crippen LogP contribution in [-0.2, 0) is 16.0 Å². The second-order valence-corrected chi connectivity index (χ2v) is 4.71. The van der Waals surface area contributed by atoms with E-state index in [2.05, 4.69) is 26.1 Å². The summed E-state index contributed by atoms with van der Waals surface area (Å²) in [5, 5.41) is 9.40. The predicted octanol–water partition coefficient (Wildman–Crippen LogP) is 2.89. The van der Waals surface area contributed by atoms with Gasteiger partial charge in [-0.3, -0.25) is 4.79 Å². The number of halogens is 1. The van der Waals surface area contributed by atoms with Crippen molar-refractivity contribution in [2.75, 3.05) is 6.61 Å². The van der Waals surface area contributed by atoms with E-state index in [0.717, 1.165) is 33.9 Å². The van der Waals surface area contributed by atoms with E-state index in [1.165, 1.54) is 6.92 Å². The molecule has 94 valence electrons. The van der Waals surface area contributed by atoms with Crippen LogP contribution in [-0.4, -0.2) is 22.8 Å². The number of hydrogen-bond donors (Lipinski definition) is 0. The van der Waals surface area contributed by atoms with E-state index in [1.54, 1.807) is 0 Å². The first kappa shape index (κ1) is 13.0. The predicted molar refractivity (Wildman–Crippen MR) is 72.2 cm³/mol. The molecule has 0 aliphatic rings. The van der Waals surface area contributed by atoms with E-state index in [9.17, 15) is 4.79 Å². The van der Waals surface area contributed by atoms with Crippen LogP contribution < -0.4 is 0 Å². The van der Waals surface area contributed by atoms with Crippen molar-refractivity contribution in [1.29, 1.82) is 0 Å². The summed E-state index contributed by atoms with van der Waals surface area (Å²) in [6, 6.07) is 7.83. The first-order valence-corrected chi connectivity index (χ1v) is 6.51. The van der Waals surface area contributed by atoms with E-state index in [1.807, 2.05) is 24.3 Å². The van der Waals surface area contributed by atoms with Crippen LogP contribution in [0.3, 0.4) is 0 Å². The summed E-state index contributed by atoms with van der Waals surface area (Å²) < 4.78 is 5.86. The zero-order chi connectivity index (χ0) is 13.0. The summed E-state index contributed by atoms with van der Waals surface area (Å²) >= 11 is 3.55. The molecule has 0 saturated carbocycles. The van der Waals surface area contributed by atoms with Crippen LogP contribution in [0, 0.1) is 0 Å². The van der Waals surface area contributed by atoms with Crippen LogP contribution in [0.1, 0.15) is 19.0 Å². The Bertz CT molecular complexity index is 572. The van der Waals surface area contributed by atoms with Gasteiger partial charge >= 0.3 is 5.97 Å². The number of benzene rings is 1. The second-order valence-electron chi connectivity index (χ2n) is 3.92. The molecule has 2 rings (SSSR count). The van der Waals surface area contributed by atoms with Gasteiger partial charge in [0, 0.05) is 12.3 Å². The molecule has 0 amide bonds. The minimum absolute atomic E-state index is 0.251. The Hall–Kier alpha value is -1.49. The molecule has 0 saturated heterocycles. The number of carbonyl (C=O) groups excluding carboxylic acids is 1. The highest BCUT2D eigenvalue weighted by atomic mass is 79.9. The Kier molecular flexibility index (Phi) is 4.25. The van der Waals surface area contributed by atoms with Gasteiger partial charge in [-0.15, -0.1) is 0 Å². The molecule has 5 heteroatoms. The van der Waals surface area contributed by atoms with Crippen LogP contribution in [0.5, 0.6) is 0 Å². The fourth-order valence-corrected chi connectivity index (χ4v) is 2.29. The number of carbonyl (C=O) groups is 1. The van der Waals surface area contributed by atoms with Crippen LogP contribution in [0.4, 0.5) is 0 Å². The molecule has 0 N–H and O–H groups in total. The Balaban J connectivity index is 2.09. The number of aromatic nitrogens is 2. The van der Waals surface area contributed by atoms with Crippen molar-refractivity contribution in [1.82, 2.24) is 10.2 Å². The molecule has 0 unspecified atom stereocenters. The highest BCUT2D eigenvalue weighted by Gasteiger charge is 2.07. The molecule has 1 aromatic carbocycles. The van der Waals surface area contributed by atoms with Gasteiger partial charge in [0.1, 0.15) is 0 Å². The standard InChI is InChI=1S/C13H13BrN2O2/c1-9(17)18-8-4-7-12-13(14)10-5-2-3-6-11(10)15-16-12/h2-3,5-6H,4,7-8H2,1H3. The highest BCUT2D eigenvalue weighted by molar-refractivity contribution is 9.10. The summed E-state index contributed by atoms with van der Waals surface area (Å²) in [5.41, 5.74) is 1.76. The van der Waals surface area contributed by atoms with Crippen molar-refractivity contribution in [3.8, 4) is 0 Å². The zero-order valence-electron chi connectivity index (χ0n) is 10.0. The minimum Gasteiger partial charge on any atom is -0.466 e. The molecule has 2 aromatic rings. The minimum atomic E-state index is -0.251. The van der Waals surface area contributed by atoms with Crippen molar-refractivity contribution in [3.05, 3.63) is 34.4 Å². The fraction of sp³-hybridized carbons (Fsp3) is 0.308. The van der Waals surface area contributed by atoms with Gasteiger partial charge in [0.25, 0.3) is 0 Å². The summed E-state index contributed by atoms with van der Waals surface area (Å²) in [6.07, 6.45) is 1.47. The molecular formula is C13H13BrN2O2. The fourth-order valence-electron chi connectivity index (χ4n) is 1.68. The molecule has 1 heterocycles. The maximum Gasteiger partial charge on any atom is 0.302 e. The summed E-state index contributed by atoms with van der Waals surface area (Å²) in [7, 11) is 0. The van der Waals surface area contributed by atoms with Crippen molar-refractivity contribution < 1.29 is 9.53 Å².